The molecule has 18 heavy (non-hydrogen) atoms. The zero-order valence-corrected chi connectivity index (χ0v) is 12.1. The molecular weight excluding hydrogens is 276 g/mol. The van der Waals surface area contributed by atoms with Crippen LogP contribution >= 0.6 is 11.6 Å². The van der Waals surface area contributed by atoms with Gasteiger partial charge in [-0.05, 0) is 26.0 Å². The van der Waals surface area contributed by atoms with Gasteiger partial charge in [0.1, 0.15) is 10.6 Å². The van der Waals surface area contributed by atoms with Gasteiger partial charge in [0.25, 0.3) is 0 Å². The fourth-order valence-electron chi connectivity index (χ4n) is 1.22. The van der Waals surface area contributed by atoms with Crippen LogP contribution in [0.2, 0.25) is 5.02 Å². The highest BCUT2D eigenvalue weighted by molar-refractivity contribution is 7.89. The van der Waals surface area contributed by atoms with E-state index in [0.29, 0.717) is 5.02 Å². The number of rotatable bonds is 5. The van der Waals surface area contributed by atoms with Crippen LogP contribution in [0.15, 0.2) is 23.1 Å². The summed E-state index contributed by atoms with van der Waals surface area (Å²) in [5.41, 5.74) is 5.10. The summed E-state index contributed by atoms with van der Waals surface area (Å²) >= 11 is 5.78. The quantitative estimate of drug-likeness (QED) is 0.859. The molecule has 7 heteroatoms. The monoisotopic (exact) mass is 292 g/mol. The molecule has 102 valence electrons. The first-order valence-electron chi connectivity index (χ1n) is 5.28. The molecule has 0 bridgehead atoms. The Labute approximate surface area is 112 Å². The van der Waals surface area contributed by atoms with Gasteiger partial charge in [0, 0.05) is 23.2 Å². The molecule has 0 saturated heterocycles. The normalized spacial score (nSPS) is 12.5. The molecule has 0 radical (unpaired) electrons. The van der Waals surface area contributed by atoms with Gasteiger partial charge < -0.3 is 10.5 Å². The summed E-state index contributed by atoms with van der Waals surface area (Å²) in [6, 6.07) is 4.34. The summed E-state index contributed by atoms with van der Waals surface area (Å²) in [6.45, 7) is 3.59. The number of sulfonamides is 1. The smallest absolute Gasteiger partial charge is 0.244 e. The molecule has 0 amide bonds. The number of nitrogens with two attached hydrogens (primary N) is 1. The first-order valence-corrected chi connectivity index (χ1v) is 7.14. The SMILES string of the molecule is COc1cc(Cl)ccc1S(=O)(=O)NCC(C)(C)N. The largest absolute Gasteiger partial charge is 0.495 e. The van der Waals surface area contributed by atoms with Gasteiger partial charge in [0.2, 0.25) is 10.0 Å². The van der Waals surface area contributed by atoms with Crippen LogP contribution in [0.3, 0.4) is 0 Å². The van der Waals surface area contributed by atoms with E-state index in [1.807, 2.05) is 0 Å². The second kappa shape index (κ2) is 5.44. The Kier molecular flexibility index (Phi) is 4.61. The molecule has 5 nitrogen and oxygen atoms in total. The van der Waals surface area contributed by atoms with Crippen LogP contribution in [0.1, 0.15) is 13.8 Å². The second-order valence-electron chi connectivity index (χ2n) is 4.61. The molecule has 0 aliphatic rings. The first-order chi connectivity index (χ1) is 8.15. The number of halogens is 1. The average molecular weight is 293 g/mol. The van der Waals surface area contributed by atoms with Crippen LogP contribution in [0.25, 0.3) is 0 Å². The van der Waals surface area contributed by atoms with E-state index >= 15 is 0 Å². The van der Waals surface area contributed by atoms with E-state index in [1.54, 1.807) is 13.8 Å². The lowest BCUT2D eigenvalue weighted by Gasteiger charge is -2.19. The van der Waals surface area contributed by atoms with Gasteiger partial charge in [-0.15, -0.1) is 0 Å². The summed E-state index contributed by atoms with van der Waals surface area (Å²) in [4.78, 5) is 0.0404. The van der Waals surface area contributed by atoms with Crippen molar-refractivity contribution in [3.8, 4) is 5.75 Å². The maximum atomic E-state index is 12.1. The fourth-order valence-corrected chi connectivity index (χ4v) is 2.76. The molecule has 0 aliphatic carbocycles. The van der Waals surface area contributed by atoms with Crippen LogP contribution in [-0.4, -0.2) is 27.6 Å². The first kappa shape index (κ1) is 15.2. The number of methoxy groups -OCH3 is 1. The average Bonchev–Trinajstić information content (AvgIpc) is 2.25. The predicted molar refractivity (Wildman–Crippen MR) is 71.5 cm³/mol. The molecule has 0 spiro atoms. The van der Waals surface area contributed by atoms with Crippen molar-refractivity contribution in [1.82, 2.24) is 4.72 Å². The highest BCUT2D eigenvalue weighted by Crippen LogP contribution is 2.26. The van der Waals surface area contributed by atoms with Crippen molar-refractivity contribution in [3.05, 3.63) is 23.2 Å². The van der Waals surface area contributed by atoms with Crippen molar-refractivity contribution < 1.29 is 13.2 Å². The lowest BCUT2D eigenvalue weighted by molar-refractivity contribution is 0.402. The zero-order chi connectivity index (χ0) is 14.0. The van der Waals surface area contributed by atoms with Crippen molar-refractivity contribution in [2.75, 3.05) is 13.7 Å². The lowest BCUT2D eigenvalue weighted by Crippen LogP contribution is -2.45. The standard InChI is InChI=1S/C11H17ClN2O3S/c1-11(2,13)7-14-18(15,16)10-5-4-8(12)6-9(10)17-3/h4-6,14H,7,13H2,1-3H3. The molecule has 0 aliphatic heterocycles. The Balaban J connectivity index is 3.05. The summed E-state index contributed by atoms with van der Waals surface area (Å²) in [5, 5.41) is 0.407. The van der Waals surface area contributed by atoms with Gasteiger partial charge in [-0.3, -0.25) is 0 Å². The Hall–Kier alpha value is -0.820. The van der Waals surface area contributed by atoms with Crippen molar-refractivity contribution in [2.24, 2.45) is 5.73 Å². The highest BCUT2D eigenvalue weighted by Gasteiger charge is 2.22. The summed E-state index contributed by atoms with van der Waals surface area (Å²) in [7, 11) is -2.28. The molecule has 0 atom stereocenters. The van der Waals surface area contributed by atoms with Crippen LogP contribution in [0.4, 0.5) is 0 Å². The Bertz CT molecular complexity index is 524. The summed E-state index contributed by atoms with van der Waals surface area (Å²) in [6.07, 6.45) is 0. The molecule has 0 fully saturated rings. The minimum atomic E-state index is -3.67. The molecule has 0 unspecified atom stereocenters. The van der Waals surface area contributed by atoms with E-state index in [0.717, 1.165) is 0 Å². The van der Waals surface area contributed by atoms with E-state index in [2.05, 4.69) is 4.72 Å². The van der Waals surface area contributed by atoms with Crippen LogP contribution in [0, 0.1) is 0 Å². The van der Waals surface area contributed by atoms with E-state index in [9.17, 15) is 8.42 Å². The predicted octanol–water partition coefficient (Wildman–Crippen LogP) is 1.36. The van der Waals surface area contributed by atoms with Crippen molar-refractivity contribution >= 4 is 21.6 Å². The topological polar surface area (TPSA) is 81.4 Å². The van der Waals surface area contributed by atoms with Crippen LogP contribution < -0.4 is 15.2 Å². The van der Waals surface area contributed by atoms with E-state index in [-0.39, 0.29) is 17.2 Å². The molecule has 1 aromatic rings. The molecule has 3 N–H and O–H groups in total. The van der Waals surface area contributed by atoms with E-state index in [1.165, 1.54) is 25.3 Å². The van der Waals surface area contributed by atoms with Gasteiger partial charge >= 0.3 is 0 Å². The number of benzene rings is 1. The van der Waals surface area contributed by atoms with Gasteiger partial charge in [-0.1, -0.05) is 11.6 Å². The minimum absolute atomic E-state index is 0.0404. The van der Waals surface area contributed by atoms with Crippen molar-refractivity contribution in [3.63, 3.8) is 0 Å². The molecule has 1 rings (SSSR count). The second-order valence-corrected chi connectivity index (χ2v) is 6.78. The van der Waals surface area contributed by atoms with Gasteiger partial charge in [-0.25, -0.2) is 13.1 Å². The zero-order valence-electron chi connectivity index (χ0n) is 10.5. The molecule has 0 heterocycles. The Morgan fingerprint density at radius 2 is 2.06 bits per heavy atom. The van der Waals surface area contributed by atoms with Crippen LogP contribution in [-0.2, 0) is 10.0 Å². The summed E-state index contributed by atoms with van der Waals surface area (Å²) in [5.74, 6) is 0.199. The molecule has 0 aromatic heterocycles. The van der Waals surface area contributed by atoms with Gasteiger partial charge in [0.05, 0.1) is 7.11 Å². The maximum absolute atomic E-state index is 12.1. The van der Waals surface area contributed by atoms with Crippen molar-refractivity contribution in [2.45, 2.75) is 24.3 Å². The number of hydrogen-bond donors (Lipinski definition) is 2. The number of ether oxygens (including phenoxy) is 1. The highest BCUT2D eigenvalue weighted by atomic mass is 35.5. The van der Waals surface area contributed by atoms with Crippen LogP contribution in [0.5, 0.6) is 5.75 Å². The molecule has 0 saturated carbocycles. The number of nitrogens with one attached hydrogen (secondary N) is 1. The number of hydrogen-bond acceptors (Lipinski definition) is 4. The lowest BCUT2D eigenvalue weighted by atomic mass is 10.1. The van der Waals surface area contributed by atoms with Gasteiger partial charge in [-0.2, -0.15) is 0 Å². The third kappa shape index (κ3) is 4.13. The molecule has 1 aromatic carbocycles. The van der Waals surface area contributed by atoms with Gasteiger partial charge in [0.15, 0.2) is 0 Å². The third-order valence-corrected chi connectivity index (χ3v) is 3.81. The van der Waals surface area contributed by atoms with E-state index in [4.69, 9.17) is 22.1 Å². The Morgan fingerprint density at radius 3 is 2.56 bits per heavy atom. The maximum Gasteiger partial charge on any atom is 0.244 e. The minimum Gasteiger partial charge on any atom is -0.495 e. The Morgan fingerprint density at radius 1 is 1.44 bits per heavy atom. The summed E-state index contributed by atoms with van der Waals surface area (Å²) < 4.78 is 31.6. The fraction of sp³-hybridized carbons (Fsp3) is 0.455. The third-order valence-electron chi connectivity index (χ3n) is 2.13. The van der Waals surface area contributed by atoms with Crippen molar-refractivity contribution in [1.29, 1.82) is 0 Å². The van der Waals surface area contributed by atoms with E-state index < -0.39 is 15.6 Å². The molecular formula is C11H17ClN2O3S.